The Balaban J connectivity index is 2.74. The Hall–Kier alpha value is -1.93. The molecule has 1 rings (SSSR count). The van der Waals surface area contributed by atoms with Crippen molar-refractivity contribution in [1.29, 1.82) is 0 Å². The van der Waals surface area contributed by atoms with Gasteiger partial charge in [-0.2, -0.15) is 4.72 Å². The van der Waals surface area contributed by atoms with E-state index in [1.807, 2.05) is 20.8 Å². The van der Waals surface area contributed by atoms with E-state index in [9.17, 15) is 23.1 Å². The minimum Gasteiger partial charge on any atom is -0.481 e. The SMILES string of the molecule is CC(C)(C)c1ccc(S(=O)(=O)N[C@@H](CCCCCC(=O)O)C(=O)O)cc1. The van der Waals surface area contributed by atoms with Crippen LogP contribution in [0.2, 0.25) is 0 Å². The quantitative estimate of drug-likeness (QED) is 0.533. The van der Waals surface area contributed by atoms with Gasteiger partial charge in [-0.25, -0.2) is 8.42 Å². The Morgan fingerprint density at radius 1 is 1.04 bits per heavy atom. The van der Waals surface area contributed by atoms with Crippen LogP contribution in [0.25, 0.3) is 0 Å². The van der Waals surface area contributed by atoms with Gasteiger partial charge in [0.1, 0.15) is 6.04 Å². The van der Waals surface area contributed by atoms with Crippen molar-refractivity contribution in [2.24, 2.45) is 0 Å². The molecule has 7 nitrogen and oxygen atoms in total. The molecule has 0 aromatic heterocycles. The fourth-order valence-corrected chi connectivity index (χ4v) is 3.65. The Labute approximate surface area is 154 Å². The van der Waals surface area contributed by atoms with Crippen molar-refractivity contribution < 1.29 is 28.2 Å². The van der Waals surface area contributed by atoms with Gasteiger partial charge in [0.2, 0.25) is 10.0 Å². The predicted octanol–water partition coefficient (Wildman–Crippen LogP) is 2.75. The van der Waals surface area contributed by atoms with E-state index in [1.54, 1.807) is 12.1 Å². The summed E-state index contributed by atoms with van der Waals surface area (Å²) in [4.78, 5) is 21.8. The molecule has 1 aromatic rings. The van der Waals surface area contributed by atoms with Crippen LogP contribution in [-0.4, -0.2) is 36.6 Å². The molecule has 0 amide bonds. The van der Waals surface area contributed by atoms with Crippen LogP contribution < -0.4 is 4.72 Å². The molecule has 8 heteroatoms. The van der Waals surface area contributed by atoms with Gasteiger partial charge in [0, 0.05) is 6.42 Å². The maximum Gasteiger partial charge on any atom is 0.321 e. The number of carboxylic acids is 2. The Kier molecular flexibility index (Phi) is 7.77. The number of rotatable bonds is 10. The van der Waals surface area contributed by atoms with E-state index >= 15 is 0 Å². The highest BCUT2D eigenvalue weighted by Crippen LogP contribution is 2.23. The minimum atomic E-state index is -3.95. The van der Waals surface area contributed by atoms with Crippen LogP contribution in [-0.2, 0) is 25.0 Å². The average Bonchev–Trinajstić information content (AvgIpc) is 2.52. The van der Waals surface area contributed by atoms with Crippen molar-refractivity contribution >= 4 is 22.0 Å². The minimum absolute atomic E-state index is 0.0163. The molecule has 0 radical (unpaired) electrons. The van der Waals surface area contributed by atoms with E-state index in [0.717, 1.165) is 5.56 Å². The number of aliphatic carboxylic acids is 2. The molecule has 1 atom stereocenters. The zero-order valence-corrected chi connectivity index (χ0v) is 16.2. The Morgan fingerprint density at radius 3 is 2.08 bits per heavy atom. The second-order valence-corrected chi connectivity index (χ2v) is 8.99. The molecule has 146 valence electrons. The zero-order chi connectivity index (χ0) is 20.0. The molecule has 0 bridgehead atoms. The van der Waals surface area contributed by atoms with E-state index in [4.69, 9.17) is 5.11 Å². The van der Waals surface area contributed by atoms with Crippen LogP contribution in [0.1, 0.15) is 58.4 Å². The van der Waals surface area contributed by atoms with Crippen molar-refractivity contribution in [3.63, 3.8) is 0 Å². The maximum atomic E-state index is 12.4. The molecule has 1 aromatic carbocycles. The van der Waals surface area contributed by atoms with Gasteiger partial charge in [0.25, 0.3) is 0 Å². The summed E-state index contributed by atoms with van der Waals surface area (Å²) < 4.78 is 27.1. The first kappa shape index (κ1) is 22.1. The molecular formula is C18H27NO6S. The van der Waals surface area contributed by atoms with Crippen molar-refractivity contribution in [2.45, 2.75) is 69.2 Å². The summed E-state index contributed by atoms with van der Waals surface area (Å²) in [6, 6.07) is 5.13. The number of nitrogens with one attached hydrogen (secondary N) is 1. The second-order valence-electron chi connectivity index (χ2n) is 7.28. The molecule has 0 saturated carbocycles. The van der Waals surface area contributed by atoms with Crippen LogP contribution in [0.4, 0.5) is 0 Å². The highest BCUT2D eigenvalue weighted by atomic mass is 32.2. The summed E-state index contributed by atoms with van der Waals surface area (Å²) in [6.45, 7) is 6.04. The van der Waals surface area contributed by atoms with Gasteiger partial charge in [0.05, 0.1) is 4.90 Å². The Bertz CT molecular complexity index is 719. The third kappa shape index (κ3) is 7.13. The first-order chi connectivity index (χ1) is 11.9. The first-order valence-electron chi connectivity index (χ1n) is 8.51. The lowest BCUT2D eigenvalue weighted by Crippen LogP contribution is -2.40. The molecule has 0 spiro atoms. The number of carboxylic acid groups (broad SMARTS) is 2. The number of benzene rings is 1. The van der Waals surface area contributed by atoms with E-state index in [0.29, 0.717) is 19.3 Å². The van der Waals surface area contributed by atoms with E-state index in [1.165, 1.54) is 12.1 Å². The van der Waals surface area contributed by atoms with Crippen LogP contribution in [0.15, 0.2) is 29.2 Å². The van der Waals surface area contributed by atoms with Crippen LogP contribution >= 0.6 is 0 Å². The van der Waals surface area contributed by atoms with Crippen molar-refractivity contribution in [1.82, 2.24) is 4.72 Å². The highest BCUT2D eigenvalue weighted by Gasteiger charge is 2.25. The number of hydrogen-bond acceptors (Lipinski definition) is 4. The number of hydrogen-bond donors (Lipinski definition) is 3. The summed E-state index contributed by atoms with van der Waals surface area (Å²) >= 11 is 0. The highest BCUT2D eigenvalue weighted by molar-refractivity contribution is 7.89. The molecular weight excluding hydrogens is 358 g/mol. The number of unbranched alkanes of at least 4 members (excludes halogenated alkanes) is 2. The second kappa shape index (κ2) is 9.14. The zero-order valence-electron chi connectivity index (χ0n) is 15.4. The van der Waals surface area contributed by atoms with Gasteiger partial charge in [0.15, 0.2) is 0 Å². The third-order valence-corrected chi connectivity index (χ3v) is 5.50. The lowest BCUT2D eigenvalue weighted by atomic mass is 9.87. The number of sulfonamides is 1. The van der Waals surface area contributed by atoms with E-state index in [2.05, 4.69) is 4.72 Å². The first-order valence-corrected chi connectivity index (χ1v) is 9.99. The van der Waals surface area contributed by atoms with Crippen molar-refractivity contribution in [3.8, 4) is 0 Å². The van der Waals surface area contributed by atoms with Gasteiger partial charge < -0.3 is 10.2 Å². The summed E-state index contributed by atoms with van der Waals surface area (Å²) in [7, 11) is -3.95. The fourth-order valence-electron chi connectivity index (χ4n) is 2.42. The molecule has 0 aliphatic rings. The van der Waals surface area contributed by atoms with E-state index < -0.39 is 28.0 Å². The van der Waals surface area contributed by atoms with Crippen LogP contribution in [0.3, 0.4) is 0 Å². The topological polar surface area (TPSA) is 121 Å². The molecule has 0 saturated heterocycles. The standard InChI is InChI=1S/C18H27NO6S/c1-18(2,3)13-9-11-14(12-10-13)26(24,25)19-15(17(22)23)7-5-4-6-8-16(20)21/h9-12,15,19H,4-8H2,1-3H3,(H,20,21)(H,22,23)/t15-/m0/s1. The molecule has 0 aliphatic carbocycles. The lowest BCUT2D eigenvalue weighted by Gasteiger charge is -2.19. The van der Waals surface area contributed by atoms with Gasteiger partial charge in [-0.3, -0.25) is 9.59 Å². The summed E-state index contributed by atoms with van der Waals surface area (Å²) in [5.41, 5.74) is 0.861. The lowest BCUT2D eigenvalue weighted by molar-refractivity contribution is -0.139. The van der Waals surface area contributed by atoms with Gasteiger partial charge in [-0.1, -0.05) is 45.7 Å². The van der Waals surface area contributed by atoms with Crippen molar-refractivity contribution in [2.75, 3.05) is 0 Å². The van der Waals surface area contributed by atoms with Gasteiger partial charge in [-0.05, 0) is 36.0 Å². The van der Waals surface area contributed by atoms with E-state index in [-0.39, 0.29) is 23.2 Å². The third-order valence-electron chi connectivity index (χ3n) is 4.01. The largest absolute Gasteiger partial charge is 0.481 e. The van der Waals surface area contributed by atoms with Gasteiger partial charge in [-0.15, -0.1) is 0 Å². The van der Waals surface area contributed by atoms with Crippen LogP contribution in [0.5, 0.6) is 0 Å². The monoisotopic (exact) mass is 385 g/mol. The normalized spacial score (nSPS) is 13.3. The molecule has 0 unspecified atom stereocenters. The predicted molar refractivity (Wildman–Crippen MR) is 97.6 cm³/mol. The Morgan fingerprint density at radius 2 is 1.62 bits per heavy atom. The summed E-state index contributed by atoms with van der Waals surface area (Å²) in [6.07, 6.45) is 1.51. The van der Waals surface area contributed by atoms with Gasteiger partial charge >= 0.3 is 11.9 Å². The fraction of sp³-hybridized carbons (Fsp3) is 0.556. The molecule has 26 heavy (non-hydrogen) atoms. The van der Waals surface area contributed by atoms with Crippen LogP contribution in [0, 0.1) is 0 Å². The molecule has 0 fully saturated rings. The smallest absolute Gasteiger partial charge is 0.321 e. The number of carbonyl (C=O) groups is 2. The van der Waals surface area contributed by atoms with Crippen molar-refractivity contribution in [3.05, 3.63) is 29.8 Å². The molecule has 0 heterocycles. The summed E-state index contributed by atoms with van der Waals surface area (Å²) in [5, 5.41) is 17.8. The average molecular weight is 385 g/mol. The molecule has 3 N–H and O–H groups in total. The molecule has 0 aliphatic heterocycles. The summed E-state index contributed by atoms with van der Waals surface area (Å²) in [5.74, 6) is -2.16. The maximum absolute atomic E-state index is 12.4.